The van der Waals surface area contributed by atoms with E-state index in [0.717, 1.165) is 11.1 Å². The molecule has 0 heterocycles. The van der Waals surface area contributed by atoms with Crippen LogP contribution in [-0.2, 0) is 11.9 Å². The summed E-state index contributed by atoms with van der Waals surface area (Å²) in [6.07, 6.45) is 0. The number of benzene rings is 3. The molecule has 0 fully saturated rings. The molecule has 0 aliphatic carbocycles. The van der Waals surface area contributed by atoms with Gasteiger partial charge in [0.05, 0.1) is 0 Å². The molecule has 0 aliphatic heterocycles. The lowest BCUT2D eigenvalue weighted by atomic mass is 10.1. The van der Waals surface area contributed by atoms with Crippen molar-refractivity contribution in [2.24, 2.45) is 0 Å². The van der Waals surface area contributed by atoms with Crippen molar-refractivity contribution in [3.05, 3.63) is 77.9 Å². The zero-order chi connectivity index (χ0) is 15.8. The first-order valence-corrected chi connectivity index (χ1v) is 8.73. The van der Waals surface area contributed by atoms with Crippen molar-refractivity contribution in [3.8, 4) is 5.75 Å². The fourth-order valence-corrected chi connectivity index (χ4v) is 2.52. The van der Waals surface area contributed by atoms with E-state index in [-0.39, 0.29) is 0 Å². The maximum Gasteiger partial charge on any atom is 0.120 e. The minimum absolute atomic E-state index is 0.598. The summed E-state index contributed by atoms with van der Waals surface area (Å²) in [4.78, 5) is 0. The van der Waals surface area contributed by atoms with Gasteiger partial charge in [0.25, 0.3) is 0 Å². The monoisotopic (exact) mass is 356 g/mol. The molecular weight excluding hydrogens is 336 g/mol. The van der Waals surface area contributed by atoms with E-state index in [0.29, 0.717) is 6.61 Å². The normalized spacial score (nSPS) is 9.95. The first kappa shape index (κ1) is 16.6. The van der Waals surface area contributed by atoms with Gasteiger partial charge < -0.3 is 4.74 Å². The van der Waals surface area contributed by atoms with E-state index in [1.807, 2.05) is 32.0 Å². The molecule has 1 nitrogen and oxygen atoms in total. The van der Waals surface area contributed by atoms with Crippen molar-refractivity contribution in [2.45, 2.75) is 25.8 Å². The molecule has 0 saturated heterocycles. The number of ether oxygens (including phenoxy) is 1. The lowest BCUT2D eigenvalue weighted by molar-refractivity contribution is 0.306. The van der Waals surface area contributed by atoms with Crippen LogP contribution >= 0.6 is 15.9 Å². The van der Waals surface area contributed by atoms with Crippen molar-refractivity contribution >= 4 is 26.7 Å². The van der Waals surface area contributed by atoms with E-state index in [2.05, 4.69) is 64.5 Å². The zero-order valence-corrected chi connectivity index (χ0v) is 14.6. The van der Waals surface area contributed by atoms with Gasteiger partial charge in [-0.15, -0.1) is 0 Å². The molecular formula is C20H21BrO. The standard InChI is InChI=1S/C18H15BrO.C2H6/c19-12-14-5-7-15(8-6-14)13-20-18-10-9-16-3-1-2-4-17(16)11-18;1-2/h1-11H,12-13H2;1-2H3. The Kier molecular flexibility index (Phi) is 6.47. The summed E-state index contributed by atoms with van der Waals surface area (Å²) >= 11 is 3.45. The third kappa shape index (κ3) is 4.35. The first-order valence-electron chi connectivity index (χ1n) is 7.60. The fourth-order valence-electron chi connectivity index (χ4n) is 2.15. The van der Waals surface area contributed by atoms with Crippen molar-refractivity contribution < 1.29 is 4.74 Å². The molecule has 0 spiro atoms. The molecule has 0 unspecified atom stereocenters. The van der Waals surface area contributed by atoms with Crippen LogP contribution in [0.2, 0.25) is 0 Å². The molecule has 3 aromatic rings. The van der Waals surface area contributed by atoms with Crippen LogP contribution in [0.25, 0.3) is 10.8 Å². The van der Waals surface area contributed by atoms with E-state index >= 15 is 0 Å². The predicted octanol–water partition coefficient (Wildman–Crippen LogP) is 6.34. The molecule has 3 aromatic carbocycles. The van der Waals surface area contributed by atoms with E-state index in [1.165, 1.54) is 21.9 Å². The molecule has 0 aromatic heterocycles. The highest BCUT2D eigenvalue weighted by molar-refractivity contribution is 9.08. The number of alkyl halides is 1. The average Bonchev–Trinajstić information content (AvgIpc) is 2.62. The molecule has 0 aliphatic rings. The van der Waals surface area contributed by atoms with Crippen LogP contribution in [0.1, 0.15) is 25.0 Å². The Hall–Kier alpha value is -1.80. The Morgan fingerprint density at radius 2 is 1.41 bits per heavy atom. The van der Waals surface area contributed by atoms with Gasteiger partial charge >= 0.3 is 0 Å². The number of rotatable bonds is 4. The lowest BCUT2D eigenvalue weighted by Crippen LogP contribution is -1.95. The molecule has 0 N–H and O–H groups in total. The van der Waals surface area contributed by atoms with Gasteiger partial charge in [0.15, 0.2) is 0 Å². The summed E-state index contributed by atoms with van der Waals surface area (Å²) in [5.74, 6) is 0.910. The Morgan fingerprint density at radius 3 is 2.09 bits per heavy atom. The Labute approximate surface area is 141 Å². The van der Waals surface area contributed by atoms with Crippen LogP contribution in [0.5, 0.6) is 5.75 Å². The average molecular weight is 357 g/mol. The van der Waals surface area contributed by atoms with E-state index in [9.17, 15) is 0 Å². The van der Waals surface area contributed by atoms with Crippen molar-refractivity contribution in [1.29, 1.82) is 0 Å². The molecule has 3 rings (SSSR count). The van der Waals surface area contributed by atoms with Crippen LogP contribution in [0, 0.1) is 0 Å². The third-order valence-corrected chi connectivity index (χ3v) is 3.95. The maximum atomic E-state index is 5.86. The van der Waals surface area contributed by atoms with Crippen molar-refractivity contribution in [2.75, 3.05) is 0 Å². The summed E-state index contributed by atoms with van der Waals surface area (Å²) in [7, 11) is 0. The summed E-state index contributed by atoms with van der Waals surface area (Å²) in [5.41, 5.74) is 2.46. The first-order chi connectivity index (χ1) is 10.8. The molecule has 0 saturated carbocycles. The Balaban J connectivity index is 0.000000847. The van der Waals surface area contributed by atoms with Gasteiger partial charge in [-0.25, -0.2) is 0 Å². The lowest BCUT2D eigenvalue weighted by Gasteiger charge is -2.08. The molecule has 0 bridgehead atoms. The molecule has 0 atom stereocenters. The highest BCUT2D eigenvalue weighted by Crippen LogP contribution is 2.21. The predicted molar refractivity (Wildman–Crippen MR) is 98.7 cm³/mol. The SMILES string of the molecule is BrCc1ccc(COc2ccc3ccccc3c2)cc1.CC. The minimum Gasteiger partial charge on any atom is -0.489 e. The van der Waals surface area contributed by atoms with Gasteiger partial charge in [0.2, 0.25) is 0 Å². The molecule has 22 heavy (non-hydrogen) atoms. The summed E-state index contributed by atoms with van der Waals surface area (Å²) < 4.78 is 5.86. The Bertz CT molecular complexity index is 704. The van der Waals surface area contributed by atoms with E-state index in [1.54, 1.807) is 0 Å². The smallest absolute Gasteiger partial charge is 0.120 e. The second-order valence-corrected chi connectivity index (χ2v) is 5.31. The van der Waals surface area contributed by atoms with Crippen LogP contribution in [-0.4, -0.2) is 0 Å². The Morgan fingerprint density at radius 1 is 0.773 bits per heavy atom. The van der Waals surface area contributed by atoms with Crippen molar-refractivity contribution in [3.63, 3.8) is 0 Å². The van der Waals surface area contributed by atoms with Gasteiger partial charge in [-0.2, -0.15) is 0 Å². The third-order valence-electron chi connectivity index (χ3n) is 3.30. The van der Waals surface area contributed by atoms with Gasteiger partial charge in [0.1, 0.15) is 12.4 Å². The quantitative estimate of drug-likeness (QED) is 0.495. The largest absolute Gasteiger partial charge is 0.489 e. The topological polar surface area (TPSA) is 9.23 Å². The number of hydrogen-bond donors (Lipinski definition) is 0. The number of hydrogen-bond acceptors (Lipinski definition) is 1. The van der Waals surface area contributed by atoms with Crippen LogP contribution in [0.15, 0.2) is 66.7 Å². The van der Waals surface area contributed by atoms with Crippen LogP contribution < -0.4 is 4.74 Å². The van der Waals surface area contributed by atoms with Gasteiger partial charge in [-0.1, -0.05) is 84.4 Å². The molecule has 114 valence electrons. The van der Waals surface area contributed by atoms with Gasteiger partial charge in [-0.3, -0.25) is 0 Å². The summed E-state index contributed by atoms with van der Waals surface area (Å²) in [5, 5.41) is 3.33. The highest BCUT2D eigenvalue weighted by atomic mass is 79.9. The fraction of sp³-hybridized carbons (Fsp3) is 0.200. The summed E-state index contributed by atoms with van der Waals surface area (Å²) in [6, 6.07) is 23.0. The van der Waals surface area contributed by atoms with Crippen molar-refractivity contribution in [1.82, 2.24) is 0 Å². The van der Waals surface area contributed by atoms with Crippen LogP contribution in [0.4, 0.5) is 0 Å². The summed E-state index contributed by atoms with van der Waals surface area (Å²) in [6.45, 7) is 4.60. The second kappa shape index (κ2) is 8.60. The second-order valence-electron chi connectivity index (χ2n) is 4.75. The van der Waals surface area contributed by atoms with Crippen LogP contribution in [0.3, 0.4) is 0 Å². The highest BCUT2D eigenvalue weighted by Gasteiger charge is 1.99. The zero-order valence-electron chi connectivity index (χ0n) is 13.1. The number of fused-ring (bicyclic) bond motifs is 1. The number of halogens is 1. The molecule has 0 amide bonds. The van der Waals surface area contributed by atoms with Gasteiger partial charge in [-0.05, 0) is 34.0 Å². The van der Waals surface area contributed by atoms with E-state index in [4.69, 9.17) is 4.74 Å². The molecule has 0 radical (unpaired) electrons. The molecule has 2 heteroatoms. The minimum atomic E-state index is 0.598. The maximum absolute atomic E-state index is 5.86. The van der Waals surface area contributed by atoms with E-state index < -0.39 is 0 Å². The van der Waals surface area contributed by atoms with Gasteiger partial charge in [0, 0.05) is 5.33 Å².